The lowest BCUT2D eigenvalue weighted by Gasteiger charge is -2.19. The van der Waals surface area contributed by atoms with E-state index in [1.54, 1.807) is 36.4 Å². The predicted octanol–water partition coefficient (Wildman–Crippen LogP) is 6.43. The smallest absolute Gasteiger partial charge is 0.377 e. The molecule has 8 heteroatoms. The Hall–Kier alpha value is -4.85. The summed E-state index contributed by atoms with van der Waals surface area (Å²) in [5, 5.41) is 22.0. The first kappa shape index (κ1) is 25.2. The first-order valence-electron chi connectivity index (χ1n) is 11.5. The maximum absolute atomic E-state index is 12.5. The fraction of sp³-hybridized carbons (Fsp3) is 0.138. The molecule has 1 aromatic heterocycles. The summed E-state index contributed by atoms with van der Waals surface area (Å²) in [5.74, 6) is -2.39. The second-order valence-corrected chi connectivity index (χ2v) is 9.44. The van der Waals surface area contributed by atoms with Crippen LogP contribution in [0.3, 0.4) is 0 Å². The van der Waals surface area contributed by atoms with Crippen LogP contribution in [-0.4, -0.2) is 26.8 Å². The molecule has 0 radical (unpaired) electrons. The molecule has 0 atom stereocenters. The highest BCUT2D eigenvalue weighted by Gasteiger charge is 2.23. The number of carbonyl (C=O) groups excluding carboxylic acids is 1. The average molecular weight is 497 g/mol. The van der Waals surface area contributed by atoms with Crippen molar-refractivity contribution >= 4 is 40.0 Å². The second-order valence-electron chi connectivity index (χ2n) is 9.44. The van der Waals surface area contributed by atoms with Gasteiger partial charge in [-0.05, 0) is 52.9 Å². The van der Waals surface area contributed by atoms with Crippen LogP contribution < -0.4 is 4.74 Å². The number of nitro benzene ring substituents is 1. The molecule has 0 aliphatic rings. The molecule has 37 heavy (non-hydrogen) atoms. The van der Waals surface area contributed by atoms with Crippen LogP contribution in [0, 0.1) is 10.1 Å². The molecule has 1 N–H and O–H groups in total. The van der Waals surface area contributed by atoms with Crippen molar-refractivity contribution in [2.45, 2.75) is 26.2 Å². The van der Waals surface area contributed by atoms with E-state index in [2.05, 4.69) is 25.8 Å². The van der Waals surface area contributed by atoms with Crippen LogP contribution in [0.25, 0.3) is 22.6 Å². The fourth-order valence-corrected chi connectivity index (χ4v) is 3.76. The van der Waals surface area contributed by atoms with Gasteiger partial charge in [-0.15, -0.1) is 0 Å². The Kier molecular flexibility index (Phi) is 6.84. The van der Waals surface area contributed by atoms with Crippen LogP contribution in [0.15, 0.2) is 78.9 Å². The van der Waals surface area contributed by atoms with E-state index in [9.17, 15) is 24.8 Å². The van der Waals surface area contributed by atoms with E-state index in [0.717, 1.165) is 10.9 Å². The number of aliphatic carboxylic acids is 1. The van der Waals surface area contributed by atoms with Gasteiger partial charge in [0.15, 0.2) is 0 Å². The van der Waals surface area contributed by atoms with Gasteiger partial charge >= 0.3 is 11.7 Å². The molecular formula is C29H24N2O6. The Bertz CT molecular complexity index is 1550. The first-order chi connectivity index (χ1) is 17.5. The lowest BCUT2D eigenvalue weighted by atomic mass is 9.87. The van der Waals surface area contributed by atoms with E-state index in [-0.39, 0.29) is 33.7 Å². The molecule has 4 aromatic rings. The summed E-state index contributed by atoms with van der Waals surface area (Å²) in [6.45, 7) is 6.24. The van der Waals surface area contributed by atoms with Crippen LogP contribution in [-0.2, 0) is 15.0 Å². The van der Waals surface area contributed by atoms with Crippen LogP contribution in [0.2, 0.25) is 0 Å². The van der Waals surface area contributed by atoms with Crippen molar-refractivity contribution in [3.8, 4) is 11.5 Å². The van der Waals surface area contributed by atoms with Crippen LogP contribution >= 0.6 is 0 Å². The van der Waals surface area contributed by atoms with Crippen LogP contribution in [0.1, 0.15) is 37.6 Å². The van der Waals surface area contributed by atoms with Gasteiger partial charge < -0.3 is 9.84 Å². The van der Waals surface area contributed by atoms with Gasteiger partial charge in [0.25, 0.3) is 5.78 Å². The Morgan fingerprint density at radius 2 is 1.68 bits per heavy atom. The SMILES string of the molecule is CC(C)(C)c1ccc(Oc2ccc(/C=C(\C(=O)C(=O)O)c3ccc4ccccc4n3)cc2[N+](=O)[O-])cc1. The normalized spacial score (nSPS) is 11.8. The summed E-state index contributed by atoms with van der Waals surface area (Å²) < 4.78 is 5.78. The molecule has 1 heterocycles. The molecule has 186 valence electrons. The number of pyridine rings is 1. The van der Waals surface area contributed by atoms with Gasteiger partial charge in [-0.25, -0.2) is 9.78 Å². The van der Waals surface area contributed by atoms with Gasteiger partial charge in [-0.1, -0.05) is 63.2 Å². The van der Waals surface area contributed by atoms with Gasteiger partial charge in [-0.2, -0.15) is 0 Å². The second kappa shape index (κ2) is 10.0. The molecular weight excluding hydrogens is 472 g/mol. The van der Waals surface area contributed by atoms with Crippen molar-refractivity contribution in [1.29, 1.82) is 0 Å². The number of hydrogen-bond donors (Lipinski definition) is 1. The molecule has 0 unspecified atom stereocenters. The topological polar surface area (TPSA) is 120 Å². The number of Topliss-reactive ketones (excluding diaryl/α,β-unsaturated/α-hetero) is 1. The highest BCUT2D eigenvalue weighted by Crippen LogP contribution is 2.34. The molecule has 0 bridgehead atoms. The highest BCUT2D eigenvalue weighted by atomic mass is 16.6. The van der Waals surface area contributed by atoms with E-state index in [0.29, 0.717) is 11.3 Å². The number of carbonyl (C=O) groups is 2. The van der Waals surface area contributed by atoms with Crippen molar-refractivity contribution < 1.29 is 24.4 Å². The number of rotatable bonds is 7. The number of nitrogens with zero attached hydrogens (tertiary/aromatic N) is 2. The van der Waals surface area contributed by atoms with Crippen molar-refractivity contribution in [1.82, 2.24) is 4.98 Å². The molecule has 3 aromatic carbocycles. The Morgan fingerprint density at radius 3 is 2.32 bits per heavy atom. The minimum atomic E-state index is -1.66. The summed E-state index contributed by atoms with van der Waals surface area (Å²) in [6.07, 6.45) is 1.28. The molecule has 4 rings (SSSR count). The number of carboxylic acid groups (broad SMARTS) is 1. The summed E-state index contributed by atoms with van der Waals surface area (Å²) in [7, 11) is 0. The highest BCUT2D eigenvalue weighted by molar-refractivity contribution is 6.52. The molecule has 0 saturated heterocycles. The van der Waals surface area contributed by atoms with Gasteiger partial charge in [0.2, 0.25) is 5.75 Å². The largest absolute Gasteiger partial charge is 0.475 e. The Balaban J connectivity index is 1.73. The number of ether oxygens (including phenoxy) is 1. The molecule has 8 nitrogen and oxygen atoms in total. The number of ketones is 1. The lowest BCUT2D eigenvalue weighted by Crippen LogP contribution is -2.15. The van der Waals surface area contributed by atoms with Crippen molar-refractivity contribution in [2.24, 2.45) is 0 Å². The maximum Gasteiger partial charge on any atom is 0.377 e. The molecule has 0 saturated carbocycles. The lowest BCUT2D eigenvalue weighted by molar-refractivity contribution is -0.385. The van der Waals surface area contributed by atoms with Crippen LogP contribution in [0.5, 0.6) is 11.5 Å². The standard InChI is InChI=1S/C29H24N2O6/c1-29(2,3)20-10-12-21(13-11-20)37-26-15-8-18(17-25(26)31(35)36)16-22(27(32)28(33)34)24-14-9-19-6-4-5-7-23(19)30-24/h4-17H,1-3H3,(H,33,34)/b22-16-. The number of benzene rings is 3. The number of fused-ring (bicyclic) bond motifs is 1. The number of carboxylic acids is 1. The third-order valence-corrected chi connectivity index (χ3v) is 5.75. The zero-order chi connectivity index (χ0) is 26.7. The van der Waals surface area contributed by atoms with Crippen molar-refractivity contribution in [2.75, 3.05) is 0 Å². The maximum atomic E-state index is 12.5. The zero-order valence-electron chi connectivity index (χ0n) is 20.5. The third-order valence-electron chi connectivity index (χ3n) is 5.75. The minimum absolute atomic E-state index is 0.0144. The molecule has 0 amide bonds. The zero-order valence-corrected chi connectivity index (χ0v) is 20.5. The summed E-state index contributed by atoms with van der Waals surface area (Å²) in [4.78, 5) is 39.7. The van der Waals surface area contributed by atoms with Crippen molar-refractivity contribution in [3.05, 3.63) is 106 Å². The predicted molar refractivity (Wildman–Crippen MR) is 141 cm³/mol. The number of nitro groups is 1. The van der Waals surface area contributed by atoms with E-state index >= 15 is 0 Å². The van der Waals surface area contributed by atoms with Gasteiger partial charge in [-0.3, -0.25) is 14.9 Å². The summed E-state index contributed by atoms with van der Waals surface area (Å²) >= 11 is 0. The number of hydrogen-bond acceptors (Lipinski definition) is 6. The molecule has 0 spiro atoms. The number of aromatic nitrogens is 1. The van der Waals surface area contributed by atoms with E-state index in [1.165, 1.54) is 24.3 Å². The van der Waals surface area contributed by atoms with E-state index < -0.39 is 16.7 Å². The quantitative estimate of drug-likeness (QED) is 0.135. The van der Waals surface area contributed by atoms with Gasteiger partial charge in [0, 0.05) is 11.5 Å². The van der Waals surface area contributed by atoms with E-state index in [4.69, 9.17) is 4.74 Å². The minimum Gasteiger partial charge on any atom is -0.475 e. The molecule has 0 fully saturated rings. The summed E-state index contributed by atoms with van der Waals surface area (Å²) in [5.41, 5.74) is 1.49. The monoisotopic (exact) mass is 496 g/mol. The van der Waals surface area contributed by atoms with Gasteiger partial charge in [0.05, 0.1) is 21.7 Å². The van der Waals surface area contributed by atoms with Crippen molar-refractivity contribution in [3.63, 3.8) is 0 Å². The molecule has 0 aliphatic heterocycles. The first-order valence-corrected chi connectivity index (χ1v) is 11.5. The van der Waals surface area contributed by atoms with E-state index in [1.807, 2.05) is 24.3 Å². The average Bonchev–Trinajstić information content (AvgIpc) is 2.87. The third kappa shape index (κ3) is 5.70. The Labute approximate surface area is 213 Å². The summed E-state index contributed by atoms with van der Waals surface area (Å²) in [6, 6.07) is 21.9. The number of para-hydroxylation sites is 1. The van der Waals surface area contributed by atoms with Gasteiger partial charge in [0.1, 0.15) is 5.75 Å². The Morgan fingerprint density at radius 1 is 0.973 bits per heavy atom. The molecule has 0 aliphatic carbocycles. The van der Waals surface area contributed by atoms with Crippen LogP contribution in [0.4, 0.5) is 5.69 Å². The fourth-order valence-electron chi connectivity index (χ4n) is 3.76.